The highest BCUT2D eigenvalue weighted by Crippen LogP contribution is 2.28. The molecule has 78 valence electrons. The summed E-state index contributed by atoms with van der Waals surface area (Å²) in [6, 6.07) is 18.3. The summed E-state index contributed by atoms with van der Waals surface area (Å²) in [5.74, 6) is 0.915. The van der Waals surface area contributed by atoms with Crippen molar-refractivity contribution in [3.63, 3.8) is 0 Å². The second-order valence-corrected chi connectivity index (χ2v) is 3.07. The lowest BCUT2D eigenvalue weighted by Crippen LogP contribution is -1.86. The van der Waals surface area contributed by atoms with Crippen LogP contribution in [0.15, 0.2) is 54.6 Å². The predicted octanol–water partition coefficient (Wildman–Crippen LogP) is 3.78. The molecule has 0 N–H and O–H groups in total. The van der Waals surface area contributed by atoms with E-state index in [9.17, 15) is 0 Å². The Morgan fingerprint density at radius 1 is 0.800 bits per heavy atom. The van der Waals surface area contributed by atoms with Crippen LogP contribution in [-0.2, 0) is 0 Å². The molecule has 2 rings (SSSR count). The average molecular weight is 221 g/mol. The first-order valence-corrected chi connectivity index (χ1v) is 4.60. The molecule has 0 spiro atoms. The number of rotatable bonds is 2. The van der Waals surface area contributed by atoms with Gasteiger partial charge in [0, 0.05) is 5.56 Å². The molecule has 2 aromatic rings. The van der Waals surface area contributed by atoms with Crippen LogP contribution in [0.1, 0.15) is 0 Å². The highest BCUT2D eigenvalue weighted by atomic mass is 35.5. The van der Waals surface area contributed by atoms with Crippen LogP contribution in [-0.4, -0.2) is 7.11 Å². The summed E-state index contributed by atoms with van der Waals surface area (Å²) in [6.45, 7) is 0. The Balaban J connectivity index is 0.00000112. The van der Waals surface area contributed by atoms with Gasteiger partial charge in [0.05, 0.1) is 7.11 Å². The van der Waals surface area contributed by atoms with Gasteiger partial charge in [-0.05, 0) is 11.6 Å². The molecule has 0 amide bonds. The molecule has 0 unspecified atom stereocenters. The Bertz CT molecular complexity index is 412. The Kier molecular flexibility index (Phi) is 4.19. The second-order valence-electron chi connectivity index (χ2n) is 3.07. The highest BCUT2D eigenvalue weighted by Gasteiger charge is 2.02. The minimum absolute atomic E-state index is 0. The minimum atomic E-state index is 0. The van der Waals surface area contributed by atoms with Crippen LogP contribution in [0.5, 0.6) is 5.75 Å². The van der Waals surface area contributed by atoms with E-state index in [0.29, 0.717) is 0 Å². The summed E-state index contributed by atoms with van der Waals surface area (Å²) < 4.78 is 5.30. The zero-order chi connectivity index (χ0) is 9.80. The summed E-state index contributed by atoms with van der Waals surface area (Å²) >= 11 is 0. The number of methoxy groups -OCH3 is 1. The van der Waals surface area contributed by atoms with E-state index in [0.717, 1.165) is 11.3 Å². The lowest BCUT2D eigenvalue weighted by atomic mass is 10.1. The first kappa shape index (κ1) is 11.6. The molecule has 0 saturated heterocycles. The maximum Gasteiger partial charge on any atom is 0.126 e. The molecule has 2 aromatic carbocycles. The molecular formula is C13H13ClO. The normalized spacial score (nSPS) is 9.13. The molecule has 15 heavy (non-hydrogen) atoms. The highest BCUT2D eigenvalue weighted by molar-refractivity contribution is 5.85. The van der Waals surface area contributed by atoms with Crippen molar-refractivity contribution >= 4 is 12.4 Å². The number of hydrogen-bond donors (Lipinski definition) is 0. The molecular weight excluding hydrogens is 208 g/mol. The fourth-order valence-electron chi connectivity index (χ4n) is 1.50. The Morgan fingerprint density at radius 3 is 2.07 bits per heavy atom. The van der Waals surface area contributed by atoms with Gasteiger partial charge >= 0.3 is 0 Å². The van der Waals surface area contributed by atoms with Crippen molar-refractivity contribution in [3.05, 3.63) is 54.6 Å². The van der Waals surface area contributed by atoms with Crippen LogP contribution in [0.25, 0.3) is 11.1 Å². The minimum Gasteiger partial charge on any atom is -0.496 e. The molecule has 0 fully saturated rings. The van der Waals surface area contributed by atoms with Crippen LogP contribution in [0.3, 0.4) is 0 Å². The summed E-state index contributed by atoms with van der Waals surface area (Å²) in [5, 5.41) is 0. The number of benzene rings is 2. The molecule has 1 nitrogen and oxygen atoms in total. The molecule has 0 aromatic heterocycles. The molecule has 0 aliphatic heterocycles. The van der Waals surface area contributed by atoms with Crippen molar-refractivity contribution < 1.29 is 4.74 Å². The van der Waals surface area contributed by atoms with Crippen LogP contribution in [0.2, 0.25) is 0 Å². The van der Waals surface area contributed by atoms with Gasteiger partial charge in [-0.1, -0.05) is 48.5 Å². The lowest BCUT2D eigenvalue weighted by molar-refractivity contribution is 0.416. The monoisotopic (exact) mass is 220 g/mol. The van der Waals surface area contributed by atoms with Gasteiger partial charge in [-0.3, -0.25) is 0 Å². The third-order valence-corrected chi connectivity index (χ3v) is 2.19. The van der Waals surface area contributed by atoms with Crippen molar-refractivity contribution in [2.45, 2.75) is 0 Å². The van der Waals surface area contributed by atoms with E-state index < -0.39 is 0 Å². The Labute approximate surface area is 96.1 Å². The molecule has 0 bridgehead atoms. The van der Waals surface area contributed by atoms with Crippen LogP contribution in [0, 0.1) is 0 Å². The maximum atomic E-state index is 5.30. The molecule has 0 aliphatic rings. The van der Waals surface area contributed by atoms with E-state index in [1.165, 1.54) is 5.56 Å². The largest absolute Gasteiger partial charge is 0.496 e. The van der Waals surface area contributed by atoms with Crippen molar-refractivity contribution in [1.82, 2.24) is 0 Å². The van der Waals surface area contributed by atoms with E-state index in [4.69, 9.17) is 4.74 Å². The van der Waals surface area contributed by atoms with Gasteiger partial charge in [-0.15, -0.1) is 12.4 Å². The fraction of sp³-hybridized carbons (Fsp3) is 0.0769. The van der Waals surface area contributed by atoms with Crippen molar-refractivity contribution in [2.24, 2.45) is 0 Å². The van der Waals surface area contributed by atoms with E-state index in [-0.39, 0.29) is 12.4 Å². The third kappa shape index (κ3) is 2.51. The summed E-state index contributed by atoms with van der Waals surface area (Å²) in [5.41, 5.74) is 2.32. The van der Waals surface area contributed by atoms with E-state index in [2.05, 4.69) is 18.2 Å². The SMILES string of the molecule is COc1ccccc1-c1ccccc1.Cl. The van der Waals surface area contributed by atoms with Crippen LogP contribution >= 0.6 is 12.4 Å². The maximum absolute atomic E-state index is 5.30. The molecule has 0 saturated carbocycles. The first-order chi connectivity index (χ1) is 6.92. The molecule has 2 heteroatoms. The summed E-state index contributed by atoms with van der Waals surface area (Å²) in [7, 11) is 1.70. The van der Waals surface area contributed by atoms with E-state index >= 15 is 0 Å². The molecule has 0 radical (unpaired) electrons. The fourth-order valence-corrected chi connectivity index (χ4v) is 1.50. The average Bonchev–Trinajstić information content (AvgIpc) is 2.30. The van der Waals surface area contributed by atoms with E-state index in [1.807, 2.05) is 36.4 Å². The van der Waals surface area contributed by atoms with Crippen molar-refractivity contribution in [2.75, 3.05) is 7.11 Å². The first-order valence-electron chi connectivity index (χ1n) is 4.60. The zero-order valence-corrected chi connectivity index (χ0v) is 9.33. The van der Waals surface area contributed by atoms with Crippen molar-refractivity contribution in [1.29, 1.82) is 0 Å². The predicted molar refractivity (Wildman–Crippen MR) is 65.7 cm³/mol. The Morgan fingerprint density at radius 2 is 1.40 bits per heavy atom. The third-order valence-electron chi connectivity index (χ3n) is 2.19. The van der Waals surface area contributed by atoms with Gasteiger partial charge in [0.25, 0.3) is 0 Å². The number of halogens is 1. The number of hydrogen-bond acceptors (Lipinski definition) is 1. The smallest absolute Gasteiger partial charge is 0.126 e. The van der Waals surface area contributed by atoms with Gasteiger partial charge < -0.3 is 4.74 Å². The summed E-state index contributed by atoms with van der Waals surface area (Å²) in [4.78, 5) is 0. The van der Waals surface area contributed by atoms with Gasteiger partial charge in [0.1, 0.15) is 5.75 Å². The zero-order valence-electron chi connectivity index (χ0n) is 8.51. The van der Waals surface area contributed by atoms with E-state index in [1.54, 1.807) is 7.11 Å². The number of ether oxygens (including phenoxy) is 1. The standard InChI is InChI=1S/C13H12O.ClH/c1-14-13-10-6-5-9-12(13)11-7-3-2-4-8-11;/h2-10H,1H3;1H. The second kappa shape index (κ2) is 5.42. The van der Waals surface area contributed by atoms with Gasteiger partial charge in [-0.2, -0.15) is 0 Å². The molecule has 0 heterocycles. The van der Waals surface area contributed by atoms with Crippen LogP contribution in [0.4, 0.5) is 0 Å². The number of para-hydroxylation sites is 1. The van der Waals surface area contributed by atoms with Crippen LogP contribution < -0.4 is 4.74 Å². The topological polar surface area (TPSA) is 9.23 Å². The van der Waals surface area contributed by atoms with Gasteiger partial charge in [-0.25, -0.2) is 0 Å². The van der Waals surface area contributed by atoms with Gasteiger partial charge in [0.2, 0.25) is 0 Å². The summed E-state index contributed by atoms with van der Waals surface area (Å²) in [6.07, 6.45) is 0. The quantitative estimate of drug-likeness (QED) is 0.749. The molecule has 0 aliphatic carbocycles. The Hall–Kier alpha value is -1.47. The van der Waals surface area contributed by atoms with Crippen molar-refractivity contribution in [3.8, 4) is 16.9 Å². The molecule has 0 atom stereocenters. The lowest BCUT2D eigenvalue weighted by Gasteiger charge is -2.07. The van der Waals surface area contributed by atoms with Gasteiger partial charge in [0.15, 0.2) is 0 Å².